The van der Waals surface area contributed by atoms with E-state index in [1.807, 2.05) is 37.7 Å². The summed E-state index contributed by atoms with van der Waals surface area (Å²) in [5, 5.41) is 0.889. The molecule has 0 amide bonds. The van der Waals surface area contributed by atoms with E-state index < -0.39 is 0 Å². The Balaban J connectivity index is 1.57. The van der Waals surface area contributed by atoms with Crippen LogP contribution >= 0.6 is 11.9 Å². The molecule has 0 unspecified atom stereocenters. The molecular weight excluding hydrogens is 398 g/mol. The summed E-state index contributed by atoms with van der Waals surface area (Å²) in [6.07, 6.45) is 7.10. The quantitative estimate of drug-likeness (QED) is 0.509. The molecule has 1 saturated heterocycles. The lowest BCUT2D eigenvalue weighted by Gasteiger charge is -2.28. The second-order valence-electron chi connectivity index (χ2n) is 6.95. The lowest BCUT2D eigenvalue weighted by Crippen LogP contribution is -2.37. The highest BCUT2D eigenvalue weighted by Crippen LogP contribution is 2.23. The van der Waals surface area contributed by atoms with E-state index in [9.17, 15) is 0 Å². The lowest BCUT2D eigenvalue weighted by molar-refractivity contribution is 0.122. The summed E-state index contributed by atoms with van der Waals surface area (Å²) in [7, 11) is 1.94. The summed E-state index contributed by atoms with van der Waals surface area (Å²) >= 11 is 1.45. The van der Waals surface area contributed by atoms with Gasteiger partial charge in [0.15, 0.2) is 0 Å². The number of anilines is 2. The third kappa shape index (κ3) is 4.72. The van der Waals surface area contributed by atoms with E-state index >= 15 is 0 Å². The van der Waals surface area contributed by atoms with Gasteiger partial charge in [-0.15, -0.1) is 0 Å². The Kier molecular flexibility index (Phi) is 6.16. The van der Waals surface area contributed by atoms with Gasteiger partial charge in [-0.25, -0.2) is 15.0 Å². The maximum absolute atomic E-state index is 5.46. The van der Waals surface area contributed by atoms with E-state index in [1.54, 1.807) is 18.9 Å². The molecule has 1 N–H and O–H groups in total. The highest BCUT2D eigenvalue weighted by Gasteiger charge is 2.17. The first kappa shape index (κ1) is 20.2. The number of morpholine rings is 1. The van der Waals surface area contributed by atoms with Gasteiger partial charge in [-0.3, -0.25) is 4.98 Å². The van der Waals surface area contributed by atoms with Gasteiger partial charge in [-0.2, -0.15) is 0 Å². The zero-order valence-electron chi connectivity index (χ0n) is 17.2. The predicted octanol–water partition coefficient (Wildman–Crippen LogP) is 2.58. The van der Waals surface area contributed by atoms with Gasteiger partial charge in [0, 0.05) is 50.0 Å². The maximum Gasteiger partial charge on any atom is 0.148 e. The predicted molar refractivity (Wildman–Crippen MR) is 117 cm³/mol. The number of aryl methyl sites for hydroxylation is 3. The van der Waals surface area contributed by atoms with Crippen molar-refractivity contribution in [2.24, 2.45) is 7.05 Å². The maximum atomic E-state index is 5.46. The van der Waals surface area contributed by atoms with E-state index in [-0.39, 0.29) is 0 Å². The molecule has 0 saturated carbocycles. The molecule has 0 aromatic carbocycles. The Morgan fingerprint density at radius 1 is 1.07 bits per heavy atom. The number of imidazole rings is 1. The molecule has 8 nitrogen and oxygen atoms in total. The fourth-order valence-electron chi connectivity index (χ4n) is 3.01. The molecule has 4 rings (SSSR count). The zero-order valence-corrected chi connectivity index (χ0v) is 18.0. The molecule has 0 bridgehead atoms. The molecule has 3 aromatic rings. The van der Waals surface area contributed by atoms with Crippen LogP contribution in [-0.2, 0) is 11.8 Å². The Hall–Kier alpha value is -3.09. The molecule has 30 heavy (non-hydrogen) atoms. The van der Waals surface area contributed by atoms with Gasteiger partial charge in [0.1, 0.15) is 17.2 Å². The minimum absolute atomic E-state index is 0.695. The lowest BCUT2D eigenvalue weighted by atomic mass is 10.1. The van der Waals surface area contributed by atoms with Gasteiger partial charge in [0.05, 0.1) is 42.2 Å². The van der Waals surface area contributed by atoms with Crippen molar-refractivity contribution in [2.75, 3.05) is 35.9 Å². The first-order valence-electron chi connectivity index (χ1n) is 9.64. The molecule has 0 spiro atoms. The zero-order chi connectivity index (χ0) is 20.9. The van der Waals surface area contributed by atoms with E-state index in [2.05, 4.69) is 41.4 Å². The molecular formula is C21H23N7OS. The van der Waals surface area contributed by atoms with Gasteiger partial charge in [-0.1, -0.05) is 11.8 Å². The van der Waals surface area contributed by atoms with E-state index in [0.29, 0.717) is 13.2 Å². The molecule has 0 radical (unpaired) electrons. The summed E-state index contributed by atoms with van der Waals surface area (Å²) in [6.45, 7) is 6.91. The number of rotatable bonds is 4. The molecule has 0 aliphatic carbocycles. The molecule has 3 aromatic heterocycles. The standard InChI is InChI=1S/C21H23N7OS/c1-15-18(21(24-13-23-15)28-6-8-29-9-7-28)5-4-17-10-19(16(2)22-11-17)26-30-20-12-27(3)14-25-20/h10-14,26H,6-9H2,1-3H3. The van der Waals surface area contributed by atoms with Gasteiger partial charge in [0.2, 0.25) is 0 Å². The van der Waals surface area contributed by atoms with Crippen molar-refractivity contribution in [1.82, 2.24) is 24.5 Å². The topological polar surface area (TPSA) is 81.0 Å². The van der Waals surface area contributed by atoms with Crippen LogP contribution in [0.4, 0.5) is 11.5 Å². The van der Waals surface area contributed by atoms with Crippen LogP contribution in [0.5, 0.6) is 0 Å². The van der Waals surface area contributed by atoms with Crippen LogP contribution in [0.3, 0.4) is 0 Å². The molecule has 9 heteroatoms. The summed E-state index contributed by atoms with van der Waals surface area (Å²) in [5.74, 6) is 7.37. The Morgan fingerprint density at radius 3 is 2.67 bits per heavy atom. The van der Waals surface area contributed by atoms with Crippen molar-refractivity contribution < 1.29 is 4.74 Å². The van der Waals surface area contributed by atoms with E-state index in [0.717, 1.165) is 52.1 Å². The van der Waals surface area contributed by atoms with Crippen LogP contribution in [0.2, 0.25) is 0 Å². The van der Waals surface area contributed by atoms with Gasteiger partial charge in [-0.05, 0) is 19.9 Å². The largest absolute Gasteiger partial charge is 0.378 e. The molecule has 1 fully saturated rings. The van der Waals surface area contributed by atoms with E-state index in [1.165, 1.54) is 11.9 Å². The van der Waals surface area contributed by atoms with Gasteiger partial charge >= 0.3 is 0 Å². The fraction of sp³-hybridized carbons (Fsp3) is 0.333. The van der Waals surface area contributed by atoms with Crippen LogP contribution < -0.4 is 9.62 Å². The van der Waals surface area contributed by atoms with Crippen LogP contribution in [0.1, 0.15) is 22.5 Å². The second kappa shape index (κ2) is 9.15. The molecule has 4 heterocycles. The third-order valence-corrected chi connectivity index (χ3v) is 5.43. The van der Waals surface area contributed by atoms with Crippen molar-refractivity contribution >= 4 is 23.5 Å². The number of ether oxygens (including phenoxy) is 1. The SMILES string of the molecule is Cc1ncc(C#Cc2c(C)ncnc2N2CCOCC2)cc1NSc1cn(C)cn1. The summed E-state index contributed by atoms with van der Waals surface area (Å²) in [4.78, 5) is 19.8. The summed E-state index contributed by atoms with van der Waals surface area (Å²) in [5.41, 5.74) is 4.34. The first-order chi connectivity index (χ1) is 14.6. The van der Waals surface area contributed by atoms with Gasteiger partial charge < -0.3 is 18.9 Å². The highest BCUT2D eigenvalue weighted by atomic mass is 32.2. The average molecular weight is 422 g/mol. The van der Waals surface area contributed by atoms with E-state index in [4.69, 9.17) is 4.74 Å². The smallest absolute Gasteiger partial charge is 0.148 e. The minimum atomic E-state index is 0.695. The van der Waals surface area contributed by atoms with Crippen LogP contribution in [0, 0.1) is 25.7 Å². The third-order valence-electron chi connectivity index (χ3n) is 4.69. The Bertz CT molecular complexity index is 1100. The molecule has 1 aliphatic rings. The summed E-state index contributed by atoms with van der Waals surface area (Å²) in [6, 6.07) is 2.00. The number of aromatic nitrogens is 5. The first-order valence-corrected chi connectivity index (χ1v) is 10.5. The van der Waals surface area contributed by atoms with Crippen molar-refractivity contribution in [3.8, 4) is 11.8 Å². The number of hydrogen-bond donors (Lipinski definition) is 1. The molecule has 0 atom stereocenters. The van der Waals surface area contributed by atoms with Crippen molar-refractivity contribution in [1.29, 1.82) is 0 Å². The number of nitrogens with one attached hydrogen (secondary N) is 1. The average Bonchev–Trinajstić information content (AvgIpc) is 3.18. The number of hydrogen-bond acceptors (Lipinski definition) is 8. The Morgan fingerprint density at radius 2 is 1.90 bits per heavy atom. The van der Waals surface area contributed by atoms with Crippen molar-refractivity contribution in [3.05, 3.63) is 53.6 Å². The Labute approximate surface area is 180 Å². The van der Waals surface area contributed by atoms with Crippen molar-refractivity contribution in [2.45, 2.75) is 18.9 Å². The number of pyridine rings is 1. The number of nitrogens with zero attached hydrogens (tertiary/aromatic N) is 6. The highest BCUT2D eigenvalue weighted by molar-refractivity contribution is 8.00. The summed E-state index contributed by atoms with van der Waals surface area (Å²) < 4.78 is 10.7. The second-order valence-corrected chi connectivity index (χ2v) is 7.77. The fourth-order valence-corrected chi connectivity index (χ4v) is 3.75. The normalized spacial score (nSPS) is 13.6. The molecule has 154 valence electrons. The minimum Gasteiger partial charge on any atom is -0.378 e. The monoisotopic (exact) mass is 421 g/mol. The van der Waals surface area contributed by atoms with Crippen molar-refractivity contribution in [3.63, 3.8) is 0 Å². The molecule has 1 aliphatic heterocycles. The van der Waals surface area contributed by atoms with Gasteiger partial charge in [0.25, 0.3) is 0 Å². The van der Waals surface area contributed by atoms with Crippen LogP contribution in [-0.4, -0.2) is 50.8 Å². The van der Waals surface area contributed by atoms with Crippen LogP contribution in [0.25, 0.3) is 0 Å². The van der Waals surface area contributed by atoms with Crippen LogP contribution in [0.15, 0.2) is 36.1 Å².